The average Bonchev–Trinajstić information content (AvgIpc) is 2.84. The number of hydrogen-bond donors (Lipinski definition) is 1. The molecule has 0 atom stereocenters. The number of rotatable bonds is 4. The van der Waals surface area contributed by atoms with Crippen LogP contribution in [0, 0.1) is 21.4 Å². The first-order valence-corrected chi connectivity index (χ1v) is 5.59. The maximum Gasteiger partial charge on any atom is 0.352 e. The molecule has 1 N–H and O–H groups in total. The Labute approximate surface area is 113 Å². The second-order valence-electron chi connectivity index (χ2n) is 4.04. The zero-order valence-corrected chi connectivity index (χ0v) is 10.2. The molecule has 0 radical (unpaired) electrons. The van der Waals surface area contributed by atoms with Crippen LogP contribution in [0.2, 0.25) is 0 Å². The van der Waals surface area contributed by atoms with E-state index in [1.165, 1.54) is 4.57 Å². The first-order chi connectivity index (χ1) is 9.52. The first kappa shape index (κ1) is 13.3. The van der Waals surface area contributed by atoms with Crippen molar-refractivity contribution in [1.29, 1.82) is 5.26 Å². The summed E-state index contributed by atoms with van der Waals surface area (Å²) >= 11 is 0. The van der Waals surface area contributed by atoms with Gasteiger partial charge in [-0.2, -0.15) is 5.26 Å². The molecule has 0 saturated heterocycles. The topological polar surface area (TPSA) is 109 Å². The third-order valence-electron chi connectivity index (χ3n) is 2.79. The first-order valence-electron chi connectivity index (χ1n) is 5.59. The van der Waals surface area contributed by atoms with Gasteiger partial charge >= 0.3 is 5.97 Å². The SMILES string of the molecule is N#Cc1ccccc1Cn1cc([N+](=O)[O-])cc1C(=O)O. The highest BCUT2D eigenvalue weighted by Crippen LogP contribution is 2.19. The van der Waals surface area contributed by atoms with E-state index in [-0.39, 0.29) is 17.9 Å². The number of aromatic nitrogens is 1. The quantitative estimate of drug-likeness (QED) is 0.675. The number of hydrogen-bond acceptors (Lipinski definition) is 4. The summed E-state index contributed by atoms with van der Waals surface area (Å²) in [5, 5.41) is 28.8. The van der Waals surface area contributed by atoms with Crippen molar-refractivity contribution in [2.24, 2.45) is 0 Å². The van der Waals surface area contributed by atoms with Crippen LogP contribution < -0.4 is 0 Å². The van der Waals surface area contributed by atoms with E-state index in [1.807, 2.05) is 6.07 Å². The van der Waals surface area contributed by atoms with Crippen molar-refractivity contribution in [2.45, 2.75) is 6.54 Å². The van der Waals surface area contributed by atoms with Gasteiger partial charge in [-0.25, -0.2) is 4.79 Å². The molecule has 20 heavy (non-hydrogen) atoms. The van der Waals surface area contributed by atoms with Crippen LogP contribution in [0.4, 0.5) is 5.69 Å². The Morgan fingerprint density at radius 1 is 1.45 bits per heavy atom. The largest absolute Gasteiger partial charge is 0.477 e. The Bertz CT molecular complexity index is 727. The highest BCUT2D eigenvalue weighted by atomic mass is 16.6. The number of carboxylic acid groups (broad SMARTS) is 1. The monoisotopic (exact) mass is 271 g/mol. The van der Waals surface area contributed by atoms with Crippen molar-refractivity contribution in [3.8, 4) is 6.07 Å². The van der Waals surface area contributed by atoms with Crippen molar-refractivity contribution in [1.82, 2.24) is 4.57 Å². The predicted molar refractivity (Wildman–Crippen MR) is 68.3 cm³/mol. The van der Waals surface area contributed by atoms with Crippen LogP contribution in [0.25, 0.3) is 0 Å². The average molecular weight is 271 g/mol. The fraction of sp³-hybridized carbons (Fsp3) is 0.0769. The van der Waals surface area contributed by atoms with Crippen molar-refractivity contribution >= 4 is 11.7 Å². The van der Waals surface area contributed by atoms with Crippen molar-refractivity contribution in [3.05, 3.63) is 63.5 Å². The maximum atomic E-state index is 11.1. The van der Waals surface area contributed by atoms with Gasteiger partial charge in [0.15, 0.2) is 0 Å². The Morgan fingerprint density at radius 3 is 2.75 bits per heavy atom. The van der Waals surface area contributed by atoms with Gasteiger partial charge in [-0.05, 0) is 11.6 Å². The zero-order valence-electron chi connectivity index (χ0n) is 10.2. The second-order valence-corrected chi connectivity index (χ2v) is 4.04. The molecule has 1 heterocycles. The lowest BCUT2D eigenvalue weighted by atomic mass is 10.1. The number of aromatic carboxylic acids is 1. The summed E-state index contributed by atoms with van der Waals surface area (Å²) in [5.41, 5.74) is 0.518. The number of nitro groups is 1. The van der Waals surface area contributed by atoms with Crippen LogP contribution in [0.15, 0.2) is 36.5 Å². The molecule has 0 aliphatic heterocycles. The normalized spacial score (nSPS) is 9.95. The molecule has 1 aromatic heterocycles. The lowest BCUT2D eigenvalue weighted by molar-refractivity contribution is -0.384. The summed E-state index contributed by atoms with van der Waals surface area (Å²) in [6, 6.07) is 9.69. The van der Waals surface area contributed by atoms with Gasteiger partial charge in [-0.3, -0.25) is 10.1 Å². The zero-order chi connectivity index (χ0) is 14.7. The summed E-state index contributed by atoms with van der Waals surface area (Å²) in [6.45, 7) is 0.0825. The predicted octanol–water partition coefficient (Wildman–Crippen LogP) is 2.01. The van der Waals surface area contributed by atoms with E-state index in [2.05, 4.69) is 0 Å². The summed E-state index contributed by atoms with van der Waals surface area (Å²) in [6.07, 6.45) is 1.15. The van der Waals surface area contributed by atoms with Crippen molar-refractivity contribution in [3.63, 3.8) is 0 Å². The van der Waals surface area contributed by atoms with E-state index >= 15 is 0 Å². The second kappa shape index (κ2) is 5.24. The molecule has 2 aromatic rings. The fourth-order valence-electron chi connectivity index (χ4n) is 1.86. The van der Waals surface area contributed by atoms with Crippen LogP contribution in [0.1, 0.15) is 21.6 Å². The minimum atomic E-state index is -1.26. The van der Waals surface area contributed by atoms with Crippen LogP contribution in [-0.4, -0.2) is 20.6 Å². The van der Waals surface area contributed by atoms with Gasteiger partial charge in [0.05, 0.1) is 22.8 Å². The van der Waals surface area contributed by atoms with Gasteiger partial charge < -0.3 is 9.67 Å². The molecule has 1 aromatic carbocycles. The Hall–Kier alpha value is -3.14. The molecule has 0 amide bonds. The molecule has 7 nitrogen and oxygen atoms in total. The van der Waals surface area contributed by atoms with Gasteiger partial charge in [-0.15, -0.1) is 0 Å². The van der Waals surface area contributed by atoms with E-state index in [1.54, 1.807) is 24.3 Å². The molecule has 0 aliphatic carbocycles. The van der Waals surface area contributed by atoms with Gasteiger partial charge in [0, 0.05) is 12.6 Å². The van der Waals surface area contributed by atoms with E-state index in [0.717, 1.165) is 12.3 Å². The molecule has 0 spiro atoms. The van der Waals surface area contributed by atoms with Crippen LogP contribution in [-0.2, 0) is 6.54 Å². The van der Waals surface area contributed by atoms with Crippen LogP contribution >= 0.6 is 0 Å². The van der Waals surface area contributed by atoms with Gasteiger partial charge in [0.2, 0.25) is 0 Å². The molecule has 0 fully saturated rings. The van der Waals surface area contributed by atoms with Crippen molar-refractivity contribution < 1.29 is 14.8 Å². The molecule has 100 valence electrons. The smallest absolute Gasteiger partial charge is 0.352 e. The number of nitriles is 1. The molecule has 2 rings (SSSR count). The lowest BCUT2D eigenvalue weighted by Gasteiger charge is -2.07. The minimum absolute atomic E-state index is 0.0825. The molecule has 7 heteroatoms. The summed E-state index contributed by atoms with van der Waals surface area (Å²) < 4.78 is 1.25. The molecule has 0 aliphatic rings. The summed E-state index contributed by atoms with van der Waals surface area (Å²) in [5.74, 6) is -1.26. The lowest BCUT2D eigenvalue weighted by Crippen LogP contribution is -2.09. The van der Waals surface area contributed by atoms with Crippen LogP contribution in [0.3, 0.4) is 0 Å². The van der Waals surface area contributed by atoms with Gasteiger partial charge in [-0.1, -0.05) is 18.2 Å². The van der Waals surface area contributed by atoms with Crippen LogP contribution in [0.5, 0.6) is 0 Å². The number of carboxylic acids is 1. The van der Waals surface area contributed by atoms with Crippen molar-refractivity contribution in [2.75, 3.05) is 0 Å². The third-order valence-corrected chi connectivity index (χ3v) is 2.79. The molecular formula is C13H9N3O4. The van der Waals surface area contributed by atoms with E-state index in [9.17, 15) is 14.9 Å². The third kappa shape index (κ3) is 2.49. The molecule has 0 bridgehead atoms. The van der Waals surface area contributed by atoms with Gasteiger partial charge in [0.1, 0.15) is 5.69 Å². The Morgan fingerprint density at radius 2 is 2.15 bits per heavy atom. The highest BCUT2D eigenvalue weighted by molar-refractivity contribution is 5.87. The number of benzene rings is 1. The maximum absolute atomic E-state index is 11.1. The minimum Gasteiger partial charge on any atom is -0.477 e. The Balaban J connectivity index is 2.45. The number of nitrogens with zero attached hydrogens (tertiary/aromatic N) is 3. The van der Waals surface area contributed by atoms with E-state index < -0.39 is 10.9 Å². The molecule has 0 unspecified atom stereocenters. The summed E-state index contributed by atoms with van der Waals surface area (Å²) in [7, 11) is 0. The summed E-state index contributed by atoms with van der Waals surface area (Å²) in [4.78, 5) is 21.2. The highest BCUT2D eigenvalue weighted by Gasteiger charge is 2.19. The van der Waals surface area contributed by atoms with E-state index in [0.29, 0.717) is 11.1 Å². The van der Waals surface area contributed by atoms with E-state index in [4.69, 9.17) is 10.4 Å². The molecule has 0 saturated carbocycles. The standard InChI is InChI=1S/C13H9N3O4/c14-6-9-3-1-2-4-10(9)7-15-8-11(16(19)20)5-12(15)13(17)18/h1-5,8H,7H2,(H,17,18). The fourth-order valence-corrected chi connectivity index (χ4v) is 1.86. The number of carbonyl (C=O) groups is 1. The van der Waals surface area contributed by atoms with Gasteiger partial charge in [0.25, 0.3) is 5.69 Å². The Kier molecular flexibility index (Phi) is 3.48. The molecular weight excluding hydrogens is 262 g/mol.